The first-order chi connectivity index (χ1) is 11.3. The first kappa shape index (κ1) is 17.1. The van der Waals surface area contributed by atoms with Gasteiger partial charge >= 0.3 is 11.7 Å². The fraction of sp³-hybridized carbons (Fsp3) is 0.267. The fourth-order valence-electron chi connectivity index (χ4n) is 2.33. The number of amides is 1. The number of nitrogens with zero attached hydrogens (tertiary/aromatic N) is 3. The number of hydrogen-bond acceptors (Lipinski definition) is 5. The van der Waals surface area contributed by atoms with Gasteiger partial charge in [0.15, 0.2) is 0 Å². The van der Waals surface area contributed by atoms with E-state index >= 15 is 0 Å². The zero-order valence-electron chi connectivity index (χ0n) is 13.1. The molecule has 2 N–H and O–H groups in total. The number of nitro groups is 1. The zero-order chi connectivity index (χ0) is 17.9. The average molecular weight is 332 g/mol. The van der Waals surface area contributed by atoms with E-state index in [0.717, 1.165) is 0 Å². The van der Waals surface area contributed by atoms with Gasteiger partial charge in [0.05, 0.1) is 17.0 Å². The van der Waals surface area contributed by atoms with Gasteiger partial charge in [-0.05, 0) is 32.0 Å². The van der Waals surface area contributed by atoms with Crippen molar-refractivity contribution in [2.24, 2.45) is 0 Å². The van der Waals surface area contributed by atoms with Crippen LogP contribution in [0.4, 0.5) is 11.4 Å². The van der Waals surface area contributed by atoms with Crippen LogP contribution in [0.3, 0.4) is 0 Å². The molecule has 0 atom stereocenters. The summed E-state index contributed by atoms with van der Waals surface area (Å²) in [7, 11) is 0. The van der Waals surface area contributed by atoms with Gasteiger partial charge in [-0.15, -0.1) is 0 Å². The Kier molecular flexibility index (Phi) is 4.93. The molecule has 2 rings (SSSR count). The summed E-state index contributed by atoms with van der Waals surface area (Å²) in [6.45, 7) is 3.30. The van der Waals surface area contributed by atoms with E-state index in [-0.39, 0.29) is 30.1 Å². The smallest absolute Gasteiger partial charge is 0.335 e. The lowest BCUT2D eigenvalue weighted by Gasteiger charge is -2.07. The number of benzene rings is 1. The Balaban J connectivity index is 2.02. The molecular weight excluding hydrogens is 316 g/mol. The SMILES string of the molecule is Cc1nn(CCC(=O)Nc2cccc(C(=O)O)c2)c(C)c1[N+](=O)[O-]. The van der Waals surface area contributed by atoms with Gasteiger partial charge in [0.25, 0.3) is 0 Å². The third-order valence-electron chi connectivity index (χ3n) is 3.47. The number of carbonyl (C=O) groups excluding carboxylic acids is 1. The van der Waals surface area contributed by atoms with Crippen LogP contribution in [0.25, 0.3) is 0 Å². The molecule has 9 nitrogen and oxygen atoms in total. The highest BCUT2D eigenvalue weighted by molar-refractivity contribution is 5.93. The van der Waals surface area contributed by atoms with Crippen LogP contribution in [0.1, 0.15) is 28.2 Å². The molecule has 1 heterocycles. The highest BCUT2D eigenvalue weighted by atomic mass is 16.6. The molecule has 0 saturated carbocycles. The van der Waals surface area contributed by atoms with Gasteiger partial charge in [-0.2, -0.15) is 5.10 Å². The topological polar surface area (TPSA) is 127 Å². The largest absolute Gasteiger partial charge is 0.478 e. The molecular formula is C15H16N4O5. The molecule has 9 heteroatoms. The van der Waals surface area contributed by atoms with Crippen molar-refractivity contribution in [2.45, 2.75) is 26.8 Å². The molecule has 0 saturated heterocycles. The van der Waals surface area contributed by atoms with Gasteiger partial charge in [0, 0.05) is 12.1 Å². The minimum absolute atomic E-state index is 0.0513. The molecule has 1 amide bonds. The summed E-state index contributed by atoms with van der Waals surface area (Å²) < 4.78 is 1.42. The van der Waals surface area contributed by atoms with Crippen molar-refractivity contribution >= 4 is 23.3 Å². The molecule has 0 fully saturated rings. The maximum atomic E-state index is 12.0. The Hall–Kier alpha value is -3.23. The normalized spacial score (nSPS) is 10.4. The molecule has 0 radical (unpaired) electrons. The summed E-state index contributed by atoms with van der Waals surface area (Å²) in [5.41, 5.74) is 1.08. The predicted molar refractivity (Wildman–Crippen MR) is 85.0 cm³/mol. The number of carboxylic acid groups (broad SMARTS) is 1. The molecule has 24 heavy (non-hydrogen) atoms. The summed E-state index contributed by atoms with van der Waals surface area (Å²) in [6, 6.07) is 5.89. The molecule has 0 unspecified atom stereocenters. The van der Waals surface area contributed by atoms with Crippen molar-refractivity contribution in [1.82, 2.24) is 9.78 Å². The Bertz CT molecular complexity index is 812. The van der Waals surface area contributed by atoms with E-state index in [4.69, 9.17) is 5.11 Å². The highest BCUT2D eigenvalue weighted by Crippen LogP contribution is 2.22. The van der Waals surface area contributed by atoms with Crippen molar-refractivity contribution in [3.05, 3.63) is 51.3 Å². The van der Waals surface area contributed by atoms with E-state index in [1.807, 2.05) is 0 Å². The quantitative estimate of drug-likeness (QED) is 0.616. The second-order valence-electron chi connectivity index (χ2n) is 5.18. The van der Waals surface area contributed by atoms with Crippen LogP contribution >= 0.6 is 0 Å². The fourth-order valence-corrected chi connectivity index (χ4v) is 2.33. The number of rotatable bonds is 6. The second kappa shape index (κ2) is 6.90. The first-order valence-electron chi connectivity index (χ1n) is 7.11. The minimum atomic E-state index is -1.08. The van der Waals surface area contributed by atoms with Crippen LogP contribution in [0.5, 0.6) is 0 Å². The Morgan fingerprint density at radius 2 is 2.08 bits per heavy atom. The van der Waals surface area contributed by atoms with Crippen LogP contribution in [0.15, 0.2) is 24.3 Å². The van der Waals surface area contributed by atoms with Crippen LogP contribution in [0.2, 0.25) is 0 Å². The van der Waals surface area contributed by atoms with Crippen LogP contribution in [0, 0.1) is 24.0 Å². The summed E-state index contributed by atoms with van der Waals surface area (Å²) in [5, 5.41) is 26.5. The molecule has 0 aliphatic heterocycles. The zero-order valence-corrected chi connectivity index (χ0v) is 13.1. The molecule has 2 aromatic rings. The highest BCUT2D eigenvalue weighted by Gasteiger charge is 2.21. The number of nitrogens with one attached hydrogen (secondary N) is 1. The Morgan fingerprint density at radius 3 is 2.67 bits per heavy atom. The van der Waals surface area contributed by atoms with Crippen molar-refractivity contribution in [2.75, 3.05) is 5.32 Å². The number of aryl methyl sites for hydroxylation is 2. The third-order valence-corrected chi connectivity index (χ3v) is 3.47. The number of aromatic nitrogens is 2. The maximum Gasteiger partial charge on any atom is 0.335 e. The molecule has 0 spiro atoms. The molecule has 0 aliphatic rings. The summed E-state index contributed by atoms with van der Waals surface area (Å²) in [5.74, 6) is -1.42. The van der Waals surface area contributed by atoms with Crippen molar-refractivity contribution in [3.8, 4) is 0 Å². The lowest BCUT2D eigenvalue weighted by Crippen LogP contribution is -2.16. The Morgan fingerprint density at radius 1 is 1.38 bits per heavy atom. The number of aromatic carboxylic acids is 1. The van der Waals surface area contributed by atoms with Crippen LogP contribution in [-0.2, 0) is 11.3 Å². The summed E-state index contributed by atoms with van der Waals surface area (Å²) >= 11 is 0. The van der Waals surface area contributed by atoms with E-state index in [9.17, 15) is 19.7 Å². The molecule has 1 aromatic heterocycles. The Labute approximate surface area is 137 Å². The number of anilines is 1. The van der Waals surface area contributed by atoms with Crippen molar-refractivity contribution in [1.29, 1.82) is 0 Å². The molecule has 126 valence electrons. The van der Waals surface area contributed by atoms with E-state index in [1.54, 1.807) is 19.9 Å². The summed E-state index contributed by atoms with van der Waals surface area (Å²) in [4.78, 5) is 33.3. The van der Waals surface area contributed by atoms with Gasteiger partial charge in [-0.3, -0.25) is 19.6 Å². The molecule has 0 aliphatic carbocycles. The lowest BCUT2D eigenvalue weighted by atomic mass is 10.2. The second-order valence-corrected chi connectivity index (χ2v) is 5.18. The average Bonchev–Trinajstić information content (AvgIpc) is 2.79. The van der Waals surface area contributed by atoms with Crippen LogP contribution < -0.4 is 5.32 Å². The van der Waals surface area contributed by atoms with Gasteiger partial charge in [-0.1, -0.05) is 6.07 Å². The maximum absolute atomic E-state index is 12.0. The molecule has 0 bridgehead atoms. The van der Waals surface area contributed by atoms with E-state index in [2.05, 4.69) is 10.4 Å². The third kappa shape index (κ3) is 3.75. The van der Waals surface area contributed by atoms with Gasteiger partial charge in [-0.25, -0.2) is 4.79 Å². The van der Waals surface area contributed by atoms with Gasteiger partial charge < -0.3 is 10.4 Å². The monoisotopic (exact) mass is 332 g/mol. The lowest BCUT2D eigenvalue weighted by molar-refractivity contribution is -0.386. The number of carboxylic acids is 1. The first-order valence-corrected chi connectivity index (χ1v) is 7.11. The van der Waals surface area contributed by atoms with Crippen molar-refractivity contribution in [3.63, 3.8) is 0 Å². The van der Waals surface area contributed by atoms with Gasteiger partial charge in [0.2, 0.25) is 5.91 Å². The molecule has 1 aromatic carbocycles. The number of hydrogen-bond donors (Lipinski definition) is 2. The van der Waals surface area contributed by atoms with Crippen molar-refractivity contribution < 1.29 is 19.6 Å². The standard InChI is InChI=1S/C15H16N4O5/c1-9-14(19(23)24)10(2)18(17-9)7-6-13(20)16-12-5-3-4-11(8-12)15(21)22/h3-5,8H,6-7H2,1-2H3,(H,16,20)(H,21,22). The predicted octanol–water partition coefficient (Wildman–Crippen LogP) is 2.14. The van der Waals surface area contributed by atoms with E-state index < -0.39 is 10.9 Å². The van der Waals surface area contributed by atoms with E-state index in [1.165, 1.54) is 22.9 Å². The van der Waals surface area contributed by atoms with Gasteiger partial charge in [0.1, 0.15) is 11.4 Å². The number of carbonyl (C=O) groups is 2. The van der Waals surface area contributed by atoms with Crippen LogP contribution in [-0.4, -0.2) is 31.7 Å². The summed E-state index contributed by atoms with van der Waals surface area (Å²) in [6.07, 6.45) is 0.0520. The minimum Gasteiger partial charge on any atom is -0.478 e. The van der Waals surface area contributed by atoms with E-state index in [0.29, 0.717) is 17.1 Å².